The van der Waals surface area contributed by atoms with Crippen LogP contribution in [0.2, 0.25) is 0 Å². The predicted molar refractivity (Wildman–Crippen MR) is 115 cm³/mol. The summed E-state index contributed by atoms with van der Waals surface area (Å²) >= 11 is 0. The minimum absolute atomic E-state index is 0.175. The molecule has 0 spiro atoms. The summed E-state index contributed by atoms with van der Waals surface area (Å²) in [5.41, 5.74) is 2.07. The molecule has 2 heterocycles. The summed E-state index contributed by atoms with van der Waals surface area (Å²) in [6.07, 6.45) is 1.17. The molecule has 162 valence electrons. The van der Waals surface area contributed by atoms with Crippen molar-refractivity contribution < 1.29 is 13.2 Å². The second kappa shape index (κ2) is 8.74. The summed E-state index contributed by atoms with van der Waals surface area (Å²) < 4.78 is 27.6. The average molecular weight is 422 g/mol. The predicted octanol–water partition coefficient (Wildman–Crippen LogP) is 2.50. The average Bonchev–Trinajstić information content (AvgIpc) is 2.68. The molecular formula is C22H35N3O3S. The van der Waals surface area contributed by atoms with E-state index in [4.69, 9.17) is 0 Å². The van der Waals surface area contributed by atoms with Crippen molar-refractivity contribution in [2.45, 2.75) is 52.0 Å². The zero-order valence-corrected chi connectivity index (χ0v) is 19.2. The lowest BCUT2D eigenvalue weighted by Gasteiger charge is -2.41. The largest absolute Gasteiger partial charge is 0.341 e. The van der Waals surface area contributed by atoms with E-state index in [0.29, 0.717) is 42.9 Å². The zero-order valence-electron chi connectivity index (χ0n) is 18.4. The number of benzene rings is 1. The van der Waals surface area contributed by atoms with Gasteiger partial charge in [0.2, 0.25) is 15.9 Å². The van der Waals surface area contributed by atoms with Gasteiger partial charge < -0.3 is 4.90 Å². The van der Waals surface area contributed by atoms with Gasteiger partial charge in [-0.15, -0.1) is 0 Å². The molecule has 7 heteroatoms. The van der Waals surface area contributed by atoms with Gasteiger partial charge in [0.05, 0.1) is 10.9 Å². The number of hydrogen-bond acceptors (Lipinski definition) is 4. The second-order valence-electron chi connectivity index (χ2n) is 9.05. The van der Waals surface area contributed by atoms with Crippen molar-refractivity contribution in [2.24, 2.45) is 11.8 Å². The van der Waals surface area contributed by atoms with Crippen molar-refractivity contribution in [1.82, 2.24) is 14.1 Å². The number of likely N-dealkylation sites (tertiary alicyclic amines) is 1. The van der Waals surface area contributed by atoms with Crippen molar-refractivity contribution in [3.8, 4) is 0 Å². The van der Waals surface area contributed by atoms with Gasteiger partial charge in [0.25, 0.3) is 0 Å². The maximum Gasteiger partial charge on any atom is 0.243 e. The van der Waals surface area contributed by atoms with Crippen LogP contribution in [0.1, 0.15) is 38.3 Å². The minimum Gasteiger partial charge on any atom is -0.341 e. The van der Waals surface area contributed by atoms with E-state index in [1.165, 1.54) is 6.42 Å². The molecule has 2 fully saturated rings. The van der Waals surface area contributed by atoms with E-state index >= 15 is 0 Å². The Morgan fingerprint density at radius 1 is 1.00 bits per heavy atom. The zero-order chi connectivity index (χ0) is 21.3. The molecule has 29 heavy (non-hydrogen) atoms. The summed E-state index contributed by atoms with van der Waals surface area (Å²) in [5, 5.41) is 0. The van der Waals surface area contributed by atoms with E-state index in [-0.39, 0.29) is 11.9 Å². The van der Waals surface area contributed by atoms with Crippen LogP contribution in [0.15, 0.2) is 23.1 Å². The Bertz CT molecular complexity index is 837. The number of piperazine rings is 1. The standard InChI is InChI=1S/C22H35N3O3S/c1-16-12-17(2)15-24(14-16)22(26)20(5)23-8-10-25(11-9-23)29(27,28)21-7-6-18(3)19(4)13-21/h6-7,13,16-17,20H,8-12,14-15H2,1-5H3/t16-,17-,20-/m0/s1. The first-order valence-electron chi connectivity index (χ1n) is 10.7. The Kier molecular flexibility index (Phi) is 6.70. The lowest BCUT2D eigenvalue weighted by Crippen LogP contribution is -2.56. The summed E-state index contributed by atoms with van der Waals surface area (Å²) in [6.45, 7) is 13.9. The summed E-state index contributed by atoms with van der Waals surface area (Å²) in [4.78, 5) is 17.5. The highest BCUT2D eigenvalue weighted by Gasteiger charge is 2.35. The van der Waals surface area contributed by atoms with Crippen LogP contribution in [0, 0.1) is 25.7 Å². The molecule has 2 aliphatic rings. The SMILES string of the molecule is Cc1ccc(S(=O)(=O)N2CCN([C@@H](C)C(=O)N3C[C@@H](C)C[C@H](C)C3)CC2)cc1C. The third kappa shape index (κ3) is 4.84. The number of piperidine rings is 1. The molecule has 0 unspecified atom stereocenters. The number of nitrogens with zero attached hydrogens (tertiary/aromatic N) is 3. The lowest BCUT2D eigenvalue weighted by atomic mass is 9.91. The number of sulfonamides is 1. The van der Waals surface area contributed by atoms with E-state index < -0.39 is 10.0 Å². The van der Waals surface area contributed by atoms with Crippen molar-refractivity contribution in [2.75, 3.05) is 39.3 Å². The summed E-state index contributed by atoms with van der Waals surface area (Å²) in [5.74, 6) is 1.25. The Labute approximate surface area is 175 Å². The fourth-order valence-corrected chi connectivity index (χ4v) is 6.13. The number of carbonyl (C=O) groups is 1. The van der Waals surface area contributed by atoms with Gasteiger partial charge in [0.1, 0.15) is 0 Å². The second-order valence-corrected chi connectivity index (χ2v) is 11.0. The number of carbonyl (C=O) groups excluding carboxylic acids is 1. The van der Waals surface area contributed by atoms with Crippen LogP contribution in [0.25, 0.3) is 0 Å². The van der Waals surface area contributed by atoms with Crippen LogP contribution in [0.3, 0.4) is 0 Å². The number of rotatable bonds is 4. The molecule has 0 bridgehead atoms. The van der Waals surface area contributed by atoms with Gasteiger partial charge >= 0.3 is 0 Å². The fourth-order valence-electron chi connectivity index (χ4n) is 4.62. The third-order valence-corrected chi connectivity index (χ3v) is 8.37. The van der Waals surface area contributed by atoms with Gasteiger partial charge in [-0.25, -0.2) is 8.42 Å². The minimum atomic E-state index is -3.49. The molecule has 3 atom stereocenters. The van der Waals surface area contributed by atoms with Crippen molar-refractivity contribution in [3.05, 3.63) is 29.3 Å². The van der Waals surface area contributed by atoms with Crippen molar-refractivity contribution in [3.63, 3.8) is 0 Å². The fraction of sp³-hybridized carbons (Fsp3) is 0.682. The monoisotopic (exact) mass is 421 g/mol. The third-order valence-electron chi connectivity index (χ3n) is 6.48. The maximum atomic E-state index is 13.0. The van der Waals surface area contributed by atoms with Gasteiger partial charge in [0, 0.05) is 39.3 Å². The van der Waals surface area contributed by atoms with E-state index in [9.17, 15) is 13.2 Å². The molecule has 2 aliphatic heterocycles. The molecule has 0 radical (unpaired) electrons. The van der Waals surface area contributed by atoms with Crippen LogP contribution in [0.5, 0.6) is 0 Å². The molecule has 0 aromatic heterocycles. The molecule has 0 aliphatic carbocycles. The molecule has 1 amide bonds. The van der Waals surface area contributed by atoms with Crippen molar-refractivity contribution in [1.29, 1.82) is 0 Å². The smallest absolute Gasteiger partial charge is 0.243 e. The highest BCUT2D eigenvalue weighted by molar-refractivity contribution is 7.89. The van der Waals surface area contributed by atoms with Crippen LogP contribution < -0.4 is 0 Å². The molecule has 6 nitrogen and oxygen atoms in total. The van der Waals surface area contributed by atoms with E-state index in [1.807, 2.05) is 31.7 Å². The summed E-state index contributed by atoms with van der Waals surface area (Å²) in [6, 6.07) is 5.09. The first-order chi connectivity index (χ1) is 13.6. The molecular weight excluding hydrogens is 386 g/mol. The van der Waals surface area contributed by atoms with Gasteiger partial charge in [-0.2, -0.15) is 4.31 Å². The van der Waals surface area contributed by atoms with Crippen LogP contribution in [-0.2, 0) is 14.8 Å². The van der Waals surface area contributed by atoms with Gasteiger partial charge in [-0.1, -0.05) is 19.9 Å². The highest BCUT2D eigenvalue weighted by atomic mass is 32.2. The number of hydrogen-bond donors (Lipinski definition) is 0. The van der Waals surface area contributed by atoms with Crippen LogP contribution in [-0.4, -0.2) is 73.7 Å². The van der Waals surface area contributed by atoms with Crippen LogP contribution in [0.4, 0.5) is 0 Å². The molecule has 2 saturated heterocycles. The first kappa shape index (κ1) is 22.2. The Balaban J connectivity index is 1.62. The van der Waals surface area contributed by atoms with Crippen molar-refractivity contribution >= 4 is 15.9 Å². The maximum absolute atomic E-state index is 13.0. The quantitative estimate of drug-likeness (QED) is 0.749. The van der Waals surface area contributed by atoms with E-state index in [2.05, 4.69) is 18.7 Å². The number of amides is 1. The van der Waals surface area contributed by atoms with E-state index in [0.717, 1.165) is 24.2 Å². The van der Waals surface area contributed by atoms with Gasteiger partial charge in [-0.05, 0) is 62.3 Å². The Morgan fingerprint density at radius 3 is 2.14 bits per heavy atom. The molecule has 1 aromatic carbocycles. The van der Waals surface area contributed by atoms with E-state index in [1.54, 1.807) is 16.4 Å². The topological polar surface area (TPSA) is 60.9 Å². The van der Waals surface area contributed by atoms with Gasteiger partial charge in [-0.3, -0.25) is 9.69 Å². The Hall–Kier alpha value is -1.44. The number of aryl methyl sites for hydroxylation is 2. The molecule has 0 saturated carbocycles. The van der Waals surface area contributed by atoms with Gasteiger partial charge in [0.15, 0.2) is 0 Å². The molecule has 0 N–H and O–H groups in total. The normalized spacial score (nSPS) is 25.8. The lowest BCUT2D eigenvalue weighted by molar-refractivity contribution is -0.139. The van der Waals surface area contributed by atoms with Crippen LogP contribution >= 0.6 is 0 Å². The summed E-state index contributed by atoms with van der Waals surface area (Å²) in [7, 11) is -3.49. The molecule has 1 aromatic rings. The molecule has 3 rings (SSSR count). The first-order valence-corrected chi connectivity index (χ1v) is 12.1. The highest BCUT2D eigenvalue weighted by Crippen LogP contribution is 2.24. The Morgan fingerprint density at radius 2 is 1.59 bits per heavy atom.